The van der Waals surface area contributed by atoms with E-state index in [0.29, 0.717) is 13.1 Å². The van der Waals surface area contributed by atoms with Crippen molar-refractivity contribution in [2.75, 3.05) is 19.7 Å². The van der Waals surface area contributed by atoms with Gasteiger partial charge in [0.05, 0.1) is 12.0 Å². The van der Waals surface area contributed by atoms with Gasteiger partial charge in [0, 0.05) is 26.1 Å². The molecule has 0 saturated carbocycles. The summed E-state index contributed by atoms with van der Waals surface area (Å²) in [5.41, 5.74) is 2.09. The minimum atomic E-state index is -0.307. The Balaban J connectivity index is 1.86. The van der Waals surface area contributed by atoms with Crippen molar-refractivity contribution in [3.63, 3.8) is 0 Å². The van der Waals surface area contributed by atoms with Crippen molar-refractivity contribution in [3.8, 4) is 0 Å². The lowest BCUT2D eigenvalue weighted by molar-refractivity contribution is -0.129. The van der Waals surface area contributed by atoms with Gasteiger partial charge in [-0.3, -0.25) is 15.0 Å². The lowest BCUT2D eigenvalue weighted by Crippen LogP contribution is -2.38. The normalized spacial score (nSPS) is 29.8. The number of hydrogen-bond acceptors (Lipinski definition) is 4. The van der Waals surface area contributed by atoms with Crippen LogP contribution in [0.1, 0.15) is 19.3 Å². The summed E-state index contributed by atoms with van der Waals surface area (Å²) >= 11 is 0. The summed E-state index contributed by atoms with van der Waals surface area (Å²) in [6.45, 7) is 1.84. The fourth-order valence-corrected chi connectivity index (χ4v) is 2.28. The average molecular weight is 227 g/mol. The Kier molecular flexibility index (Phi) is 3.40. The highest BCUT2D eigenvalue weighted by atomic mass is 16.5. The van der Waals surface area contributed by atoms with E-state index in [1.807, 2.05) is 0 Å². The quantitative estimate of drug-likeness (QED) is 0.368. The van der Waals surface area contributed by atoms with Crippen LogP contribution >= 0.6 is 0 Å². The van der Waals surface area contributed by atoms with Crippen LogP contribution in [0.25, 0.3) is 0 Å². The molecular weight excluding hydrogens is 210 g/mol. The summed E-state index contributed by atoms with van der Waals surface area (Å²) in [6.07, 6.45) is 2.45. The number of rotatable bonds is 3. The summed E-state index contributed by atoms with van der Waals surface area (Å²) in [5, 5.41) is 0. The van der Waals surface area contributed by atoms with Crippen LogP contribution in [0.5, 0.6) is 0 Å². The molecule has 2 unspecified atom stereocenters. The molecule has 2 aliphatic rings. The highest BCUT2D eigenvalue weighted by Crippen LogP contribution is 2.21. The zero-order valence-corrected chi connectivity index (χ0v) is 9.15. The van der Waals surface area contributed by atoms with Gasteiger partial charge in [-0.25, -0.2) is 5.84 Å². The predicted molar refractivity (Wildman–Crippen MR) is 56.0 cm³/mol. The summed E-state index contributed by atoms with van der Waals surface area (Å²) in [5.74, 6) is 4.50. The van der Waals surface area contributed by atoms with E-state index < -0.39 is 0 Å². The second kappa shape index (κ2) is 4.80. The minimum Gasteiger partial charge on any atom is -0.376 e. The minimum absolute atomic E-state index is 0.0177. The SMILES string of the molecule is NNC(=O)C1CC(=O)N(CC2CCCO2)C1. The van der Waals surface area contributed by atoms with E-state index in [-0.39, 0.29) is 30.3 Å². The first-order chi connectivity index (χ1) is 7.70. The molecule has 0 aromatic carbocycles. The largest absolute Gasteiger partial charge is 0.376 e. The third kappa shape index (κ3) is 2.33. The molecule has 2 heterocycles. The smallest absolute Gasteiger partial charge is 0.239 e. The van der Waals surface area contributed by atoms with E-state index in [0.717, 1.165) is 19.4 Å². The topological polar surface area (TPSA) is 84.7 Å². The summed E-state index contributed by atoms with van der Waals surface area (Å²) in [6, 6.07) is 0. The van der Waals surface area contributed by atoms with Crippen molar-refractivity contribution in [2.45, 2.75) is 25.4 Å². The maximum atomic E-state index is 11.6. The Bertz CT molecular complexity index is 289. The molecule has 0 spiro atoms. The van der Waals surface area contributed by atoms with Gasteiger partial charge in [0.1, 0.15) is 0 Å². The maximum absolute atomic E-state index is 11.6. The Morgan fingerprint density at radius 2 is 2.44 bits per heavy atom. The van der Waals surface area contributed by atoms with Gasteiger partial charge in [0.25, 0.3) is 0 Å². The highest BCUT2D eigenvalue weighted by Gasteiger charge is 2.35. The zero-order valence-electron chi connectivity index (χ0n) is 9.15. The Labute approximate surface area is 94.1 Å². The monoisotopic (exact) mass is 227 g/mol. The van der Waals surface area contributed by atoms with Crippen molar-refractivity contribution in [1.29, 1.82) is 0 Å². The number of likely N-dealkylation sites (tertiary alicyclic amines) is 1. The first kappa shape index (κ1) is 11.3. The molecule has 2 amide bonds. The van der Waals surface area contributed by atoms with E-state index in [1.54, 1.807) is 4.90 Å². The molecule has 16 heavy (non-hydrogen) atoms. The van der Waals surface area contributed by atoms with Crippen molar-refractivity contribution in [3.05, 3.63) is 0 Å². The second-order valence-corrected chi connectivity index (χ2v) is 4.34. The Hall–Kier alpha value is -1.14. The van der Waals surface area contributed by atoms with Gasteiger partial charge in [-0.2, -0.15) is 0 Å². The maximum Gasteiger partial charge on any atom is 0.239 e. The second-order valence-electron chi connectivity index (χ2n) is 4.34. The number of hydrogen-bond donors (Lipinski definition) is 2. The predicted octanol–water partition coefficient (Wildman–Crippen LogP) is -0.996. The number of nitrogens with one attached hydrogen (secondary N) is 1. The highest BCUT2D eigenvalue weighted by molar-refractivity contribution is 5.88. The number of ether oxygens (including phenoxy) is 1. The molecule has 2 rings (SSSR count). The van der Waals surface area contributed by atoms with Crippen LogP contribution in [0.3, 0.4) is 0 Å². The molecule has 0 aromatic rings. The fourth-order valence-electron chi connectivity index (χ4n) is 2.28. The van der Waals surface area contributed by atoms with Crippen LogP contribution < -0.4 is 11.3 Å². The molecule has 6 heteroatoms. The number of carbonyl (C=O) groups is 2. The van der Waals surface area contributed by atoms with E-state index in [4.69, 9.17) is 10.6 Å². The number of amides is 2. The standard InChI is InChI=1S/C10H17N3O3/c11-12-10(15)7-4-9(14)13(5-7)6-8-2-1-3-16-8/h7-8H,1-6,11H2,(H,12,15). The molecule has 3 N–H and O–H groups in total. The number of hydrazine groups is 1. The van der Waals surface area contributed by atoms with Crippen LogP contribution in [0.2, 0.25) is 0 Å². The molecule has 0 radical (unpaired) electrons. The first-order valence-electron chi connectivity index (χ1n) is 5.60. The molecule has 2 saturated heterocycles. The van der Waals surface area contributed by atoms with Gasteiger partial charge in [0.15, 0.2) is 0 Å². The van der Waals surface area contributed by atoms with Gasteiger partial charge < -0.3 is 9.64 Å². The van der Waals surface area contributed by atoms with Crippen molar-refractivity contribution in [1.82, 2.24) is 10.3 Å². The summed E-state index contributed by atoms with van der Waals surface area (Å²) in [4.78, 5) is 24.6. The van der Waals surface area contributed by atoms with Crippen molar-refractivity contribution >= 4 is 11.8 Å². The summed E-state index contributed by atoms with van der Waals surface area (Å²) < 4.78 is 5.47. The van der Waals surface area contributed by atoms with Crippen LogP contribution in [-0.2, 0) is 14.3 Å². The zero-order chi connectivity index (χ0) is 11.5. The molecule has 0 aliphatic carbocycles. The number of nitrogens with zero attached hydrogens (tertiary/aromatic N) is 1. The molecule has 6 nitrogen and oxygen atoms in total. The number of nitrogens with two attached hydrogens (primary N) is 1. The van der Waals surface area contributed by atoms with Gasteiger partial charge in [-0.15, -0.1) is 0 Å². The van der Waals surface area contributed by atoms with Gasteiger partial charge in [0.2, 0.25) is 11.8 Å². The lowest BCUT2D eigenvalue weighted by Gasteiger charge is -2.20. The number of carbonyl (C=O) groups excluding carboxylic acids is 2. The van der Waals surface area contributed by atoms with Crippen LogP contribution in [-0.4, -0.2) is 42.5 Å². The van der Waals surface area contributed by atoms with E-state index >= 15 is 0 Å². The average Bonchev–Trinajstić information content (AvgIpc) is 2.89. The van der Waals surface area contributed by atoms with Gasteiger partial charge in [-0.1, -0.05) is 0 Å². The van der Waals surface area contributed by atoms with E-state index in [9.17, 15) is 9.59 Å². The Morgan fingerprint density at radius 3 is 3.06 bits per heavy atom. The molecular formula is C10H17N3O3. The lowest BCUT2D eigenvalue weighted by atomic mass is 10.1. The first-order valence-corrected chi connectivity index (χ1v) is 5.60. The fraction of sp³-hybridized carbons (Fsp3) is 0.800. The molecule has 2 fully saturated rings. The van der Waals surface area contributed by atoms with Crippen molar-refractivity contribution < 1.29 is 14.3 Å². The van der Waals surface area contributed by atoms with Gasteiger partial charge >= 0.3 is 0 Å². The molecule has 0 aromatic heterocycles. The van der Waals surface area contributed by atoms with Crippen LogP contribution in [0.15, 0.2) is 0 Å². The van der Waals surface area contributed by atoms with E-state index in [2.05, 4.69) is 5.43 Å². The molecule has 2 atom stereocenters. The third-order valence-electron chi connectivity index (χ3n) is 3.18. The Morgan fingerprint density at radius 1 is 1.62 bits per heavy atom. The molecule has 0 bridgehead atoms. The van der Waals surface area contributed by atoms with Crippen LogP contribution in [0, 0.1) is 5.92 Å². The molecule has 2 aliphatic heterocycles. The van der Waals surface area contributed by atoms with Crippen LogP contribution in [0.4, 0.5) is 0 Å². The van der Waals surface area contributed by atoms with Gasteiger partial charge in [-0.05, 0) is 12.8 Å². The van der Waals surface area contributed by atoms with E-state index in [1.165, 1.54) is 0 Å². The van der Waals surface area contributed by atoms with Crippen molar-refractivity contribution in [2.24, 2.45) is 11.8 Å². The summed E-state index contributed by atoms with van der Waals surface area (Å²) in [7, 11) is 0. The third-order valence-corrected chi connectivity index (χ3v) is 3.18. The molecule has 90 valence electrons.